The van der Waals surface area contributed by atoms with Gasteiger partial charge in [-0.2, -0.15) is 0 Å². The highest BCUT2D eigenvalue weighted by molar-refractivity contribution is 8.15. The van der Waals surface area contributed by atoms with Crippen molar-refractivity contribution in [2.45, 2.75) is 32.1 Å². The van der Waals surface area contributed by atoms with Crippen molar-refractivity contribution in [3.63, 3.8) is 0 Å². The first kappa shape index (κ1) is 29.6. The number of nitrogens with zero attached hydrogens (tertiary/aromatic N) is 2. The number of thioether (sulfide) groups is 1. The van der Waals surface area contributed by atoms with E-state index in [2.05, 4.69) is 5.32 Å². The summed E-state index contributed by atoms with van der Waals surface area (Å²) in [5.74, 6) is -0.334. The van der Waals surface area contributed by atoms with Crippen LogP contribution < -0.4 is 14.8 Å². The van der Waals surface area contributed by atoms with Crippen LogP contribution in [0.2, 0.25) is 0 Å². The van der Waals surface area contributed by atoms with Gasteiger partial charge in [-0.1, -0.05) is 17.8 Å². The third kappa shape index (κ3) is 7.15. The molecule has 1 atom stereocenters. The van der Waals surface area contributed by atoms with Crippen LogP contribution in [-0.4, -0.2) is 59.1 Å². The van der Waals surface area contributed by atoms with E-state index in [-0.39, 0.29) is 44.8 Å². The Balaban J connectivity index is 1.37. The molecule has 3 aromatic carbocycles. The molecule has 0 radical (unpaired) electrons. The Hall–Kier alpha value is -4.84. The molecule has 5 rings (SSSR count). The van der Waals surface area contributed by atoms with Gasteiger partial charge in [0.05, 0.1) is 36.6 Å². The molecular weight excluding hydrogens is 574 g/mol. The summed E-state index contributed by atoms with van der Waals surface area (Å²) >= 11 is 1.16. The van der Waals surface area contributed by atoms with Crippen LogP contribution in [0.25, 0.3) is 0 Å². The Morgan fingerprint density at radius 3 is 2.19 bits per heavy atom. The number of ether oxygens (including phenoxy) is 4. The van der Waals surface area contributed by atoms with Crippen LogP contribution in [0.5, 0.6) is 11.5 Å². The smallest absolute Gasteiger partial charge is 0.338 e. The minimum Gasteiger partial charge on any atom is -0.462 e. The van der Waals surface area contributed by atoms with E-state index in [1.807, 2.05) is 12.1 Å². The molecule has 0 bridgehead atoms. The average Bonchev–Trinajstić information content (AvgIpc) is 3.48. The molecule has 1 saturated heterocycles. The number of benzene rings is 3. The predicted molar refractivity (Wildman–Crippen MR) is 160 cm³/mol. The number of rotatable bonds is 9. The first-order chi connectivity index (χ1) is 20.8. The van der Waals surface area contributed by atoms with Crippen LogP contribution in [0.1, 0.15) is 46.5 Å². The molecule has 2 amide bonds. The standard InChI is InChI=1S/C31H29N3O8S/c1-3-39-29(37)20-6-10-22(11-7-20)32-28(36)26-16-27(35)34(17-19-5-14-24-25(15-19)42-18-41-24)31(43-26)33-23-12-8-21(9-13-23)30(38)40-4-2/h5-15,26H,3-4,16-18H2,1-2H3,(H,32,36)/t26-/m1/s1. The fourth-order valence-electron chi connectivity index (χ4n) is 4.34. The van der Waals surface area contributed by atoms with Crippen LogP contribution >= 0.6 is 11.8 Å². The molecule has 2 heterocycles. The van der Waals surface area contributed by atoms with Gasteiger partial charge in [0.15, 0.2) is 16.7 Å². The lowest BCUT2D eigenvalue weighted by molar-refractivity contribution is -0.129. The van der Waals surface area contributed by atoms with Gasteiger partial charge in [0.25, 0.3) is 0 Å². The second-order valence-corrected chi connectivity index (χ2v) is 10.6. The third-order valence-corrected chi connectivity index (χ3v) is 7.66. The zero-order valence-electron chi connectivity index (χ0n) is 23.5. The summed E-state index contributed by atoms with van der Waals surface area (Å²) < 4.78 is 20.9. The average molecular weight is 604 g/mol. The summed E-state index contributed by atoms with van der Waals surface area (Å²) in [5, 5.41) is 2.39. The highest BCUT2D eigenvalue weighted by Gasteiger charge is 2.36. The van der Waals surface area contributed by atoms with Crippen molar-refractivity contribution < 1.29 is 38.1 Å². The van der Waals surface area contributed by atoms with Crippen LogP contribution in [0.15, 0.2) is 71.7 Å². The van der Waals surface area contributed by atoms with Crippen LogP contribution in [-0.2, 0) is 25.6 Å². The Labute approximate surface area is 252 Å². The molecule has 2 aliphatic rings. The molecule has 0 aromatic heterocycles. The number of fused-ring (bicyclic) bond motifs is 1. The highest BCUT2D eigenvalue weighted by Crippen LogP contribution is 2.35. The summed E-state index contributed by atoms with van der Waals surface area (Å²) in [4.78, 5) is 57.0. The molecule has 11 nitrogen and oxygen atoms in total. The van der Waals surface area contributed by atoms with Gasteiger partial charge in [0.1, 0.15) is 5.25 Å². The number of aliphatic imine (C=N–C) groups is 1. The van der Waals surface area contributed by atoms with E-state index in [4.69, 9.17) is 23.9 Å². The minimum absolute atomic E-state index is 0.0528. The molecule has 12 heteroatoms. The summed E-state index contributed by atoms with van der Waals surface area (Å²) in [6.07, 6.45) is -0.0528. The van der Waals surface area contributed by atoms with Crippen molar-refractivity contribution in [3.8, 4) is 11.5 Å². The van der Waals surface area contributed by atoms with E-state index < -0.39 is 17.2 Å². The highest BCUT2D eigenvalue weighted by atomic mass is 32.2. The number of hydrogen-bond donors (Lipinski definition) is 1. The van der Waals surface area contributed by atoms with Crippen molar-refractivity contribution in [2.24, 2.45) is 4.99 Å². The van der Waals surface area contributed by atoms with Crippen LogP contribution in [0, 0.1) is 0 Å². The van der Waals surface area contributed by atoms with Crippen LogP contribution in [0.4, 0.5) is 11.4 Å². The molecule has 1 N–H and O–H groups in total. The van der Waals surface area contributed by atoms with Crippen LogP contribution in [0.3, 0.4) is 0 Å². The molecule has 0 aliphatic carbocycles. The van der Waals surface area contributed by atoms with Crippen molar-refractivity contribution >= 4 is 52.1 Å². The number of nitrogens with one attached hydrogen (secondary N) is 1. The lowest BCUT2D eigenvalue weighted by atomic mass is 10.1. The molecule has 1 fully saturated rings. The van der Waals surface area contributed by atoms with Gasteiger partial charge in [-0.15, -0.1) is 0 Å². The van der Waals surface area contributed by atoms with Gasteiger partial charge in [-0.05, 0) is 80.1 Å². The molecule has 43 heavy (non-hydrogen) atoms. The quantitative estimate of drug-likeness (QED) is 0.338. The Morgan fingerprint density at radius 1 is 0.907 bits per heavy atom. The Bertz CT molecular complexity index is 1560. The maximum Gasteiger partial charge on any atom is 0.338 e. The number of carbonyl (C=O) groups is 4. The first-order valence-corrected chi connectivity index (χ1v) is 14.5. The summed E-state index contributed by atoms with van der Waals surface area (Å²) in [5.41, 5.74) is 2.51. The zero-order valence-corrected chi connectivity index (χ0v) is 24.3. The van der Waals surface area contributed by atoms with Crippen molar-refractivity contribution in [3.05, 3.63) is 83.4 Å². The number of hydrogen-bond acceptors (Lipinski definition) is 10. The number of esters is 2. The second kappa shape index (κ2) is 13.4. The molecule has 3 aromatic rings. The Morgan fingerprint density at radius 2 is 1.53 bits per heavy atom. The number of anilines is 1. The predicted octanol–water partition coefficient (Wildman–Crippen LogP) is 4.93. The number of carbonyl (C=O) groups excluding carboxylic acids is 4. The summed E-state index contributed by atoms with van der Waals surface area (Å²) in [7, 11) is 0. The maximum atomic E-state index is 13.5. The fourth-order valence-corrected chi connectivity index (χ4v) is 5.44. The maximum absolute atomic E-state index is 13.5. The number of amides is 2. The van der Waals surface area contributed by atoms with E-state index in [9.17, 15) is 19.2 Å². The third-order valence-electron chi connectivity index (χ3n) is 6.48. The monoisotopic (exact) mass is 603 g/mol. The molecule has 0 unspecified atom stereocenters. The lowest BCUT2D eigenvalue weighted by Gasteiger charge is -2.32. The van der Waals surface area contributed by atoms with Gasteiger partial charge in [-0.3, -0.25) is 14.5 Å². The Kier molecular flexibility index (Phi) is 9.26. The molecular formula is C31H29N3O8S. The van der Waals surface area contributed by atoms with Gasteiger partial charge < -0.3 is 24.3 Å². The molecule has 0 spiro atoms. The minimum atomic E-state index is -0.761. The van der Waals surface area contributed by atoms with Gasteiger partial charge >= 0.3 is 11.9 Å². The normalized spacial score (nSPS) is 16.6. The van der Waals surface area contributed by atoms with Crippen molar-refractivity contribution in [2.75, 3.05) is 25.3 Å². The van der Waals surface area contributed by atoms with Crippen molar-refractivity contribution in [1.82, 2.24) is 4.90 Å². The number of amidine groups is 1. The second-order valence-electron chi connectivity index (χ2n) is 9.43. The van der Waals surface area contributed by atoms with E-state index in [1.165, 1.54) is 4.90 Å². The SMILES string of the molecule is CCOC(=O)c1ccc(N=C2S[C@@H](C(=O)Nc3ccc(C(=O)OCC)cc3)CC(=O)N2Cc2ccc3c(c2)OCO3)cc1. The zero-order chi connectivity index (χ0) is 30.3. The first-order valence-electron chi connectivity index (χ1n) is 13.6. The summed E-state index contributed by atoms with van der Waals surface area (Å²) in [6.45, 7) is 4.31. The molecule has 0 saturated carbocycles. The lowest BCUT2D eigenvalue weighted by Crippen LogP contribution is -2.44. The van der Waals surface area contributed by atoms with E-state index in [1.54, 1.807) is 68.4 Å². The molecule has 2 aliphatic heterocycles. The van der Waals surface area contributed by atoms with E-state index in [0.29, 0.717) is 39.2 Å². The summed E-state index contributed by atoms with van der Waals surface area (Å²) in [6, 6.07) is 18.3. The fraction of sp³-hybridized carbons (Fsp3) is 0.258. The van der Waals surface area contributed by atoms with E-state index >= 15 is 0 Å². The van der Waals surface area contributed by atoms with Gasteiger partial charge in [0, 0.05) is 12.1 Å². The van der Waals surface area contributed by atoms with Gasteiger partial charge in [0.2, 0.25) is 18.6 Å². The molecule has 222 valence electrons. The largest absolute Gasteiger partial charge is 0.462 e. The van der Waals surface area contributed by atoms with Crippen molar-refractivity contribution in [1.29, 1.82) is 0 Å². The van der Waals surface area contributed by atoms with E-state index in [0.717, 1.165) is 17.3 Å². The topological polar surface area (TPSA) is 133 Å². The van der Waals surface area contributed by atoms with Gasteiger partial charge in [-0.25, -0.2) is 14.6 Å².